The van der Waals surface area contributed by atoms with Crippen LogP contribution in [0.25, 0.3) is 0 Å². The fourth-order valence-electron chi connectivity index (χ4n) is 1.07. The van der Waals surface area contributed by atoms with Crippen molar-refractivity contribution in [2.75, 3.05) is 33.5 Å². The molecule has 1 aliphatic rings. The van der Waals surface area contributed by atoms with Crippen LogP contribution in [-0.2, 0) is 9.47 Å². The molecule has 1 heterocycles. The van der Waals surface area contributed by atoms with E-state index in [4.69, 9.17) is 9.47 Å². The lowest BCUT2D eigenvalue weighted by Crippen LogP contribution is -2.41. The van der Waals surface area contributed by atoms with Gasteiger partial charge in [-0.25, -0.2) is 0 Å². The van der Waals surface area contributed by atoms with Crippen molar-refractivity contribution in [1.82, 2.24) is 5.32 Å². The van der Waals surface area contributed by atoms with Crippen LogP contribution in [0.1, 0.15) is 6.42 Å². The number of ether oxygens (including phenoxy) is 2. The summed E-state index contributed by atoms with van der Waals surface area (Å²) in [4.78, 5) is 0. The van der Waals surface area contributed by atoms with Gasteiger partial charge >= 0.3 is 0 Å². The lowest BCUT2D eigenvalue weighted by Gasteiger charge is -2.23. The van der Waals surface area contributed by atoms with Gasteiger partial charge in [-0.2, -0.15) is 0 Å². The fourth-order valence-corrected chi connectivity index (χ4v) is 1.07. The average Bonchev–Trinajstić information content (AvgIpc) is 2.03. The van der Waals surface area contributed by atoms with Gasteiger partial charge in [0.15, 0.2) is 0 Å². The second kappa shape index (κ2) is 4.66. The van der Waals surface area contributed by atoms with Gasteiger partial charge in [0.1, 0.15) is 0 Å². The molecule has 1 rings (SSSR count). The molecule has 3 nitrogen and oxygen atoms in total. The van der Waals surface area contributed by atoms with E-state index in [1.165, 1.54) is 0 Å². The molecule has 0 spiro atoms. The summed E-state index contributed by atoms with van der Waals surface area (Å²) in [5, 5.41) is 3.35. The van der Waals surface area contributed by atoms with Crippen LogP contribution >= 0.6 is 0 Å². The molecule has 60 valence electrons. The molecule has 1 aliphatic heterocycles. The highest BCUT2D eigenvalue weighted by Crippen LogP contribution is 1.97. The van der Waals surface area contributed by atoms with Gasteiger partial charge in [0, 0.05) is 26.3 Å². The summed E-state index contributed by atoms with van der Waals surface area (Å²) >= 11 is 0. The first-order valence-electron chi connectivity index (χ1n) is 3.73. The van der Waals surface area contributed by atoms with Crippen molar-refractivity contribution in [3.8, 4) is 0 Å². The molecule has 0 aromatic rings. The lowest BCUT2D eigenvalue weighted by atomic mass is 10.2. The first-order valence-corrected chi connectivity index (χ1v) is 3.73. The topological polar surface area (TPSA) is 30.5 Å². The van der Waals surface area contributed by atoms with Crippen LogP contribution in [0.4, 0.5) is 0 Å². The van der Waals surface area contributed by atoms with Crippen molar-refractivity contribution < 1.29 is 9.47 Å². The van der Waals surface area contributed by atoms with Crippen LogP contribution in [0.3, 0.4) is 0 Å². The molecule has 3 heteroatoms. The number of rotatable bonds is 3. The molecular weight excluding hydrogens is 130 g/mol. The van der Waals surface area contributed by atoms with Gasteiger partial charge in [0.05, 0.1) is 13.2 Å². The van der Waals surface area contributed by atoms with E-state index in [1.54, 1.807) is 7.11 Å². The van der Waals surface area contributed by atoms with Gasteiger partial charge in [0.2, 0.25) is 0 Å². The van der Waals surface area contributed by atoms with Crippen LogP contribution in [0, 0.1) is 0 Å². The molecule has 1 fully saturated rings. The predicted octanol–water partition coefficient (Wildman–Crippen LogP) is 0.0113. The maximum atomic E-state index is 5.26. The smallest absolute Gasteiger partial charge is 0.0621 e. The normalized spacial score (nSPS) is 26.7. The highest BCUT2D eigenvalue weighted by atomic mass is 16.5. The van der Waals surface area contributed by atoms with Crippen LogP contribution in [0.2, 0.25) is 0 Å². The van der Waals surface area contributed by atoms with Gasteiger partial charge < -0.3 is 14.8 Å². The molecule has 0 unspecified atom stereocenters. The summed E-state index contributed by atoms with van der Waals surface area (Å²) in [7, 11) is 1.73. The SMILES string of the molecule is COCC[C@H]1COCCN1. The minimum absolute atomic E-state index is 0.508. The van der Waals surface area contributed by atoms with Crippen LogP contribution in [-0.4, -0.2) is 39.5 Å². The molecule has 10 heavy (non-hydrogen) atoms. The third-order valence-electron chi connectivity index (χ3n) is 1.67. The molecule has 0 bridgehead atoms. The third-order valence-corrected chi connectivity index (χ3v) is 1.67. The minimum atomic E-state index is 0.508. The van der Waals surface area contributed by atoms with Gasteiger partial charge in [-0.05, 0) is 6.42 Å². The van der Waals surface area contributed by atoms with E-state index in [1.807, 2.05) is 0 Å². The zero-order valence-corrected chi connectivity index (χ0v) is 6.43. The quantitative estimate of drug-likeness (QED) is 0.607. The third kappa shape index (κ3) is 2.64. The van der Waals surface area contributed by atoms with E-state index in [2.05, 4.69) is 5.32 Å². The van der Waals surface area contributed by atoms with E-state index in [9.17, 15) is 0 Å². The molecule has 0 aliphatic carbocycles. The van der Waals surface area contributed by atoms with Crippen molar-refractivity contribution >= 4 is 0 Å². The highest BCUT2D eigenvalue weighted by Gasteiger charge is 2.11. The predicted molar refractivity (Wildman–Crippen MR) is 39.1 cm³/mol. The second-order valence-electron chi connectivity index (χ2n) is 2.51. The Bertz CT molecular complexity index is 81.7. The van der Waals surface area contributed by atoms with E-state index >= 15 is 0 Å². The summed E-state index contributed by atoms with van der Waals surface area (Å²) in [6, 6.07) is 0.508. The summed E-state index contributed by atoms with van der Waals surface area (Å²) in [6.45, 7) is 3.49. The Hall–Kier alpha value is -0.120. The van der Waals surface area contributed by atoms with Crippen molar-refractivity contribution in [2.45, 2.75) is 12.5 Å². The van der Waals surface area contributed by atoms with Crippen molar-refractivity contribution in [1.29, 1.82) is 0 Å². The molecule has 1 saturated heterocycles. The Morgan fingerprint density at radius 1 is 1.70 bits per heavy atom. The maximum absolute atomic E-state index is 5.26. The van der Waals surface area contributed by atoms with E-state index in [-0.39, 0.29) is 0 Å². The summed E-state index contributed by atoms with van der Waals surface area (Å²) < 4.78 is 10.2. The zero-order valence-electron chi connectivity index (χ0n) is 6.43. The molecule has 0 saturated carbocycles. The van der Waals surface area contributed by atoms with Gasteiger partial charge in [-0.1, -0.05) is 0 Å². The largest absolute Gasteiger partial charge is 0.385 e. The Morgan fingerprint density at radius 2 is 2.60 bits per heavy atom. The second-order valence-corrected chi connectivity index (χ2v) is 2.51. The summed E-state index contributed by atoms with van der Waals surface area (Å²) in [5.74, 6) is 0. The van der Waals surface area contributed by atoms with Crippen molar-refractivity contribution in [2.24, 2.45) is 0 Å². The van der Waals surface area contributed by atoms with Crippen LogP contribution in [0.15, 0.2) is 0 Å². The molecule has 0 amide bonds. The zero-order chi connectivity index (χ0) is 7.23. The van der Waals surface area contributed by atoms with E-state index in [0.29, 0.717) is 6.04 Å². The van der Waals surface area contributed by atoms with Gasteiger partial charge in [-0.15, -0.1) is 0 Å². The Morgan fingerprint density at radius 3 is 3.20 bits per heavy atom. The fraction of sp³-hybridized carbons (Fsp3) is 1.00. The first kappa shape index (κ1) is 7.98. The van der Waals surface area contributed by atoms with Crippen LogP contribution < -0.4 is 5.32 Å². The van der Waals surface area contributed by atoms with E-state index in [0.717, 1.165) is 32.8 Å². The Kier molecular flexibility index (Phi) is 3.72. The van der Waals surface area contributed by atoms with Crippen molar-refractivity contribution in [3.63, 3.8) is 0 Å². The number of hydrogen-bond donors (Lipinski definition) is 1. The Labute approximate surface area is 61.7 Å². The molecule has 1 N–H and O–H groups in total. The first-order chi connectivity index (χ1) is 4.93. The molecule has 1 atom stereocenters. The number of morpholine rings is 1. The van der Waals surface area contributed by atoms with Crippen molar-refractivity contribution in [3.05, 3.63) is 0 Å². The average molecular weight is 145 g/mol. The summed E-state index contributed by atoms with van der Waals surface area (Å²) in [6.07, 6.45) is 1.05. The Balaban J connectivity index is 2.02. The number of hydrogen-bond acceptors (Lipinski definition) is 3. The number of nitrogens with one attached hydrogen (secondary N) is 1. The molecule has 0 radical (unpaired) electrons. The summed E-state index contributed by atoms with van der Waals surface area (Å²) in [5.41, 5.74) is 0. The highest BCUT2D eigenvalue weighted by molar-refractivity contribution is 4.68. The lowest BCUT2D eigenvalue weighted by molar-refractivity contribution is 0.0631. The maximum Gasteiger partial charge on any atom is 0.0621 e. The van der Waals surface area contributed by atoms with Crippen LogP contribution in [0.5, 0.6) is 0 Å². The minimum Gasteiger partial charge on any atom is -0.385 e. The van der Waals surface area contributed by atoms with Gasteiger partial charge in [-0.3, -0.25) is 0 Å². The number of methoxy groups -OCH3 is 1. The monoisotopic (exact) mass is 145 g/mol. The molecular formula is C7H15NO2. The molecule has 0 aromatic carbocycles. The van der Waals surface area contributed by atoms with E-state index < -0.39 is 0 Å². The molecule has 0 aromatic heterocycles. The van der Waals surface area contributed by atoms with Gasteiger partial charge in [0.25, 0.3) is 0 Å². The standard InChI is InChI=1S/C7H15NO2/c1-9-4-2-7-6-10-5-3-8-7/h7-8H,2-6H2,1H3/t7-/m0/s1.